The molecule has 41 heavy (non-hydrogen) atoms. The van der Waals surface area contributed by atoms with Gasteiger partial charge in [0.15, 0.2) is 0 Å². The molecule has 7 nitrogen and oxygen atoms in total. The van der Waals surface area contributed by atoms with Gasteiger partial charge in [-0.25, -0.2) is 18.0 Å². The van der Waals surface area contributed by atoms with E-state index < -0.39 is 30.5 Å². The van der Waals surface area contributed by atoms with Crippen molar-refractivity contribution < 1.29 is 23.1 Å². The van der Waals surface area contributed by atoms with Gasteiger partial charge < -0.3 is 14.9 Å². The SMILES string of the molecule is CN(C(=O)N1CC(c2cc(F)ccc2F)=C[C@@]1(CO)c1ccccc1)C1CCC(CF)N(Cc2cnccn2)CC1. The third kappa shape index (κ3) is 5.85. The minimum absolute atomic E-state index is 0.0162. The number of amides is 2. The molecule has 3 aromatic rings. The van der Waals surface area contributed by atoms with Crippen LogP contribution in [-0.4, -0.2) is 81.3 Å². The standard InChI is InChI=1S/C31H34F3N5O2/c1-37(26-8-9-27(17-32)38(14-11-26)20-25-18-35-12-13-36-25)30(41)39-19-22(28-15-24(33)7-10-29(28)34)16-31(39,21-40)23-5-3-2-4-6-23/h2-7,10,12-13,15-16,18,26-27,40H,8-9,11,14,17,19-21H2,1H3/t26?,27?,31-/m1/s1. The molecule has 3 atom stereocenters. The molecule has 3 heterocycles. The minimum atomic E-state index is -1.27. The molecule has 1 N–H and O–H groups in total. The summed E-state index contributed by atoms with van der Waals surface area (Å²) in [5, 5.41) is 10.8. The predicted octanol–water partition coefficient (Wildman–Crippen LogP) is 4.79. The molecule has 10 heteroatoms. The zero-order valence-corrected chi connectivity index (χ0v) is 23.0. The normalized spacial score (nSPS) is 23.2. The number of likely N-dealkylation sites (tertiary alicyclic amines) is 1. The van der Waals surface area contributed by atoms with Crippen molar-refractivity contribution in [2.24, 2.45) is 0 Å². The second-order valence-electron chi connectivity index (χ2n) is 10.7. The smallest absolute Gasteiger partial charge is 0.321 e. The average Bonchev–Trinajstić information content (AvgIpc) is 3.29. The van der Waals surface area contributed by atoms with Crippen molar-refractivity contribution in [2.45, 2.75) is 43.4 Å². The lowest BCUT2D eigenvalue weighted by Gasteiger charge is -2.41. The number of carbonyl (C=O) groups excluding carboxylic acids is 1. The van der Waals surface area contributed by atoms with Gasteiger partial charge in [-0.3, -0.25) is 14.9 Å². The van der Waals surface area contributed by atoms with Gasteiger partial charge in [-0.15, -0.1) is 0 Å². The highest BCUT2D eigenvalue weighted by Gasteiger charge is 2.46. The molecular formula is C31H34F3N5O2. The second kappa shape index (κ2) is 12.4. The van der Waals surface area contributed by atoms with Crippen molar-refractivity contribution in [1.29, 1.82) is 0 Å². The van der Waals surface area contributed by atoms with Gasteiger partial charge in [-0.1, -0.05) is 30.3 Å². The van der Waals surface area contributed by atoms with Crippen LogP contribution in [0, 0.1) is 11.6 Å². The summed E-state index contributed by atoms with van der Waals surface area (Å²) >= 11 is 0. The summed E-state index contributed by atoms with van der Waals surface area (Å²) in [6, 6.07) is 11.4. The van der Waals surface area contributed by atoms with Gasteiger partial charge >= 0.3 is 6.03 Å². The molecule has 0 spiro atoms. The largest absolute Gasteiger partial charge is 0.393 e. The van der Waals surface area contributed by atoms with E-state index in [1.807, 2.05) is 23.1 Å². The van der Waals surface area contributed by atoms with E-state index in [1.165, 1.54) is 4.90 Å². The molecule has 0 aliphatic carbocycles. The van der Waals surface area contributed by atoms with Crippen LogP contribution in [0.5, 0.6) is 0 Å². The van der Waals surface area contributed by atoms with E-state index in [-0.39, 0.29) is 30.2 Å². The van der Waals surface area contributed by atoms with Crippen LogP contribution in [0.3, 0.4) is 0 Å². The number of aliphatic hydroxyl groups is 1. The van der Waals surface area contributed by atoms with E-state index in [0.717, 1.165) is 23.9 Å². The van der Waals surface area contributed by atoms with Crippen molar-refractivity contribution >= 4 is 11.6 Å². The number of carbonyl (C=O) groups is 1. The molecule has 1 saturated heterocycles. The third-order valence-corrected chi connectivity index (χ3v) is 8.35. The maximum atomic E-state index is 14.8. The lowest BCUT2D eigenvalue weighted by Crippen LogP contribution is -2.54. The third-order valence-electron chi connectivity index (χ3n) is 8.35. The van der Waals surface area contributed by atoms with Crippen LogP contribution in [0.4, 0.5) is 18.0 Å². The number of alkyl halides is 1. The van der Waals surface area contributed by atoms with Crippen molar-refractivity contribution in [3.63, 3.8) is 0 Å². The summed E-state index contributed by atoms with van der Waals surface area (Å²) in [5.41, 5.74) is 0.603. The van der Waals surface area contributed by atoms with Crippen molar-refractivity contribution in [2.75, 3.05) is 33.4 Å². The number of hydrogen-bond acceptors (Lipinski definition) is 5. The van der Waals surface area contributed by atoms with Gasteiger partial charge in [0.05, 0.1) is 12.3 Å². The van der Waals surface area contributed by atoms with Crippen LogP contribution in [0.15, 0.2) is 73.2 Å². The van der Waals surface area contributed by atoms with Gasteiger partial charge in [-0.2, -0.15) is 0 Å². The van der Waals surface area contributed by atoms with Gasteiger partial charge in [0, 0.05) is 62.9 Å². The van der Waals surface area contributed by atoms with Crippen LogP contribution in [-0.2, 0) is 12.1 Å². The van der Waals surface area contributed by atoms with Crippen LogP contribution in [0.2, 0.25) is 0 Å². The summed E-state index contributed by atoms with van der Waals surface area (Å²) in [6.45, 7) is 0.0579. The molecule has 2 aliphatic rings. The zero-order valence-electron chi connectivity index (χ0n) is 23.0. The summed E-state index contributed by atoms with van der Waals surface area (Å²) in [4.78, 5) is 27.8. The quantitative estimate of drug-likeness (QED) is 0.446. The van der Waals surface area contributed by atoms with E-state index in [9.17, 15) is 23.1 Å². The Morgan fingerprint density at radius 1 is 1.12 bits per heavy atom. The monoisotopic (exact) mass is 565 g/mol. The van der Waals surface area contributed by atoms with Crippen molar-refractivity contribution in [1.82, 2.24) is 24.7 Å². The first-order valence-corrected chi connectivity index (χ1v) is 13.8. The second-order valence-corrected chi connectivity index (χ2v) is 10.7. The Bertz CT molecular complexity index is 1380. The molecule has 0 saturated carbocycles. The summed E-state index contributed by atoms with van der Waals surface area (Å²) in [6.07, 6.45) is 8.31. The summed E-state index contributed by atoms with van der Waals surface area (Å²) in [5.74, 6) is -1.20. The Hall–Kier alpha value is -3.76. The first-order valence-electron chi connectivity index (χ1n) is 13.8. The maximum Gasteiger partial charge on any atom is 0.321 e. The Kier molecular flexibility index (Phi) is 8.70. The molecule has 5 rings (SSSR count). The fraction of sp³-hybridized carbons (Fsp3) is 0.387. The van der Waals surface area contributed by atoms with E-state index in [4.69, 9.17) is 0 Å². The molecule has 2 amide bonds. The lowest BCUT2D eigenvalue weighted by molar-refractivity contribution is 0.0776. The highest BCUT2D eigenvalue weighted by molar-refractivity contribution is 5.83. The maximum absolute atomic E-state index is 14.8. The average molecular weight is 566 g/mol. The van der Waals surface area contributed by atoms with Gasteiger partial charge in [0.25, 0.3) is 0 Å². The number of nitrogens with zero attached hydrogens (tertiary/aromatic N) is 5. The molecule has 2 unspecified atom stereocenters. The van der Waals surface area contributed by atoms with Gasteiger partial charge in [0.2, 0.25) is 0 Å². The van der Waals surface area contributed by atoms with E-state index in [0.29, 0.717) is 43.5 Å². The topological polar surface area (TPSA) is 72.8 Å². The molecule has 2 aromatic carbocycles. The number of benzene rings is 2. The van der Waals surface area contributed by atoms with Crippen LogP contribution >= 0.6 is 0 Å². The van der Waals surface area contributed by atoms with E-state index >= 15 is 0 Å². The minimum Gasteiger partial charge on any atom is -0.393 e. The fourth-order valence-electron chi connectivity index (χ4n) is 6.00. The number of halogens is 3. The molecule has 0 bridgehead atoms. The number of aliphatic hydroxyl groups excluding tert-OH is 1. The molecule has 2 aliphatic heterocycles. The summed E-state index contributed by atoms with van der Waals surface area (Å²) in [7, 11) is 1.71. The van der Waals surface area contributed by atoms with Crippen LogP contribution in [0.25, 0.3) is 5.57 Å². The van der Waals surface area contributed by atoms with Crippen LogP contribution < -0.4 is 0 Å². The first kappa shape index (κ1) is 28.8. The van der Waals surface area contributed by atoms with Crippen LogP contribution in [0.1, 0.15) is 36.1 Å². The number of rotatable bonds is 7. The fourth-order valence-corrected chi connectivity index (χ4v) is 6.00. The molecule has 216 valence electrons. The lowest BCUT2D eigenvalue weighted by atomic mass is 9.89. The highest BCUT2D eigenvalue weighted by Crippen LogP contribution is 2.41. The Morgan fingerprint density at radius 2 is 1.93 bits per heavy atom. The highest BCUT2D eigenvalue weighted by atomic mass is 19.1. The Balaban J connectivity index is 1.41. The Labute approximate surface area is 237 Å². The van der Waals surface area contributed by atoms with Crippen molar-refractivity contribution in [3.8, 4) is 0 Å². The van der Waals surface area contributed by atoms with Gasteiger partial charge in [-0.05, 0) is 54.7 Å². The number of urea groups is 1. The molecule has 1 aromatic heterocycles. The van der Waals surface area contributed by atoms with E-state index in [1.54, 1.807) is 48.7 Å². The van der Waals surface area contributed by atoms with Crippen molar-refractivity contribution in [3.05, 3.63) is 102 Å². The first-order chi connectivity index (χ1) is 19.9. The Morgan fingerprint density at radius 3 is 2.63 bits per heavy atom. The molecule has 1 fully saturated rings. The van der Waals surface area contributed by atoms with E-state index in [2.05, 4.69) is 9.97 Å². The predicted molar refractivity (Wildman–Crippen MR) is 149 cm³/mol. The number of hydrogen-bond donors (Lipinski definition) is 1. The summed E-state index contributed by atoms with van der Waals surface area (Å²) < 4.78 is 43.0. The molecule has 0 radical (unpaired) electrons. The molecular weight excluding hydrogens is 531 g/mol. The van der Waals surface area contributed by atoms with Gasteiger partial charge in [0.1, 0.15) is 23.8 Å². The zero-order chi connectivity index (χ0) is 29.0. The number of aromatic nitrogens is 2.